The van der Waals surface area contributed by atoms with E-state index in [-0.39, 0.29) is 16.9 Å². The van der Waals surface area contributed by atoms with E-state index in [1.165, 1.54) is 33.6 Å². The van der Waals surface area contributed by atoms with Gasteiger partial charge in [-0.15, -0.1) is 11.3 Å². The highest BCUT2D eigenvalue weighted by Gasteiger charge is 2.40. The van der Waals surface area contributed by atoms with Crippen LogP contribution in [0.1, 0.15) is 19.4 Å². The summed E-state index contributed by atoms with van der Waals surface area (Å²) >= 11 is 7.87. The number of thiazole rings is 1. The Balaban J connectivity index is 2.08. The van der Waals surface area contributed by atoms with Gasteiger partial charge in [-0.25, -0.2) is 0 Å². The van der Waals surface area contributed by atoms with Crippen molar-refractivity contribution in [1.82, 2.24) is 9.47 Å². The molecule has 0 N–H and O–H groups in total. The zero-order valence-electron chi connectivity index (χ0n) is 15.7. The molecule has 5 nitrogen and oxygen atoms in total. The van der Waals surface area contributed by atoms with Gasteiger partial charge >= 0.3 is 0 Å². The van der Waals surface area contributed by atoms with Crippen molar-refractivity contribution in [1.29, 1.82) is 0 Å². The van der Waals surface area contributed by atoms with Crippen LogP contribution < -0.4 is 19.7 Å². The van der Waals surface area contributed by atoms with Gasteiger partial charge in [0.05, 0.1) is 5.70 Å². The van der Waals surface area contributed by atoms with E-state index in [1.54, 1.807) is 18.7 Å². The first kappa shape index (κ1) is 18.5. The number of para-hydroxylation sites is 1. The monoisotopic (exact) mass is 417 g/mol. The Bertz CT molecular complexity index is 1190. The quantitative estimate of drug-likeness (QED) is 0.609. The summed E-state index contributed by atoms with van der Waals surface area (Å²) in [4.78, 5) is 29.7. The number of hydrogen-bond acceptors (Lipinski definition) is 6. The Morgan fingerprint density at radius 2 is 1.70 bits per heavy atom. The molecule has 8 heteroatoms. The van der Waals surface area contributed by atoms with Crippen LogP contribution in [-0.2, 0) is 17.3 Å². The fraction of sp³-hybridized carbons (Fsp3) is 0.316. The average molecular weight is 418 g/mol. The lowest BCUT2D eigenvalue weighted by molar-refractivity contribution is -0.119. The summed E-state index contributed by atoms with van der Waals surface area (Å²) < 4.78 is 3.40. The summed E-state index contributed by atoms with van der Waals surface area (Å²) in [6, 6.07) is 8.21. The number of aromatic nitrogens is 1. The topological polar surface area (TPSA) is 45.6 Å². The van der Waals surface area contributed by atoms with Crippen LogP contribution in [0.15, 0.2) is 29.1 Å². The number of rotatable bonds is 0. The Morgan fingerprint density at radius 3 is 2.30 bits per heavy atom. The van der Waals surface area contributed by atoms with Crippen LogP contribution in [0.25, 0.3) is 10.6 Å². The minimum absolute atomic E-state index is 0.0842. The molecule has 1 amide bonds. The van der Waals surface area contributed by atoms with Crippen LogP contribution in [0.2, 0.25) is 0 Å². The van der Waals surface area contributed by atoms with Gasteiger partial charge < -0.3 is 9.47 Å². The normalized spacial score (nSPS) is 22.7. The van der Waals surface area contributed by atoms with Gasteiger partial charge in [-0.1, -0.05) is 56.0 Å². The van der Waals surface area contributed by atoms with Crippen molar-refractivity contribution in [2.24, 2.45) is 7.05 Å². The van der Waals surface area contributed by atoms with E-state index in [9.17, 15) is 9.59 Å². The maximum absolute atomic E-state index is 13.1. The number of carbonyl (C=O) groups excluding carboxylic acids is 1. The number of fused-ring (bicyclic) bond motifs is 1. The van der Waals surface area contributed by atoms with Gasteiger partial charge in [0.1, 0.15) is 18.4 Å². The van der Waals surface area contributed by atoms with Crippen LogP contribution in [0.5, 0.6) is 0 Å². The van der Waals surface area contributed by atoms with E-state index in [4.69, 9.17) is 12.2 Å². The number of likely N-dealkylation sites (N-methyl/N-ethyl adjacent to an activating group) is 1. The number of amides is 1. The predicted molar refractivity (Wildman–Crippen MR) is 116 cm³/mol. The summed E-state index contributed by atoms with van der Waals surface area (Å²) in [6.45, 7) is 4.27. The standard InChI is InChI=1S/C19H19N3O2S3/c1-19(2)10-8-6-7-9-11(10)20(3)14(19)12-15(23)21(4)17(26-12)13-16(24)22(5)18(25)27-13/h6-9H,1-5H3/b14-12+,17-13-. The Hall–Kier alpha value is -1.90. The summed E-state index contributed by atoms with van der Waals surface area (Å²) in [5, 5.41) is 0. The van der Waals surface area contributed by atoms with Crippen LogP contribution >= 0.6 is 35.3 Å². The smallest absolute Gasteiger partial charge is 0.270 e. The molecule has 1 fully saturated rings. The molecular weight excluding hydrogens is 398 g/mol. The predicted octanol–water partition coefficient (Wildman–Crippen LogP) is 1.58. The van der Waals surface area contributed by atoms with Crippen LogP contribution in [0, 0.1) is 0 Å². The van der Waals surface area contributed by atoms with Gasteiger partial charge in [0.2, 0.25) is 0 Å². The number of anilines is 1. The van der Waals surface area contributed by atoms with Crippen LogP contribution in [0.4, 0.5) is 5.69 Å². The minimum Gasteiger partial charge on any atom is -0.346 e. The highest BCUT2D eigenvalue weighted by atomic mass is 32.2. The molecule has 0 saturated carbocycles. The van der Waals surface area contributed by atoms with E-state index >= 15 is 0 Å². The molecule has 3 heterocycles. The number of hydrogen-bond donors (Lipinski definition) is 0. The highest BCUT2D eigenvalue weighted by molar-refractivity contribution is 8.30. The molecule has 27 heavy (non-hydrogen) atoms. The Kier molecular flexibility index (Phi) is 4.14. The lowest BCUT2D eigenvalue weighted by Crippen LogP contribution is -2.37. The van der Waals surface area contributed by atoms with E-state index in [2.05, 4.69) is 30.9 Å². The number of nitrogens with zero attached hydrogens (tertiary/aromatic N) is 3. The summed E-state index contributed by atoms with van der Waals surface area (Å²) in [6.07, 6.45) is 0. The average Bonchev–Trinajstić information content (AvgIpc) is 3.14. The van der Waals surface area contributed by atoms with Crippen LogP contribution in [-0.4, -0.2) is 33.8 Å². The van der Waals surface area contributed by atoms with Crippen molar-refractivity contribution < 1.29 is 4.79 Å². The second kappa shape index (κ2) is 6.05. The van der Waals surface area contributed by atoms with Gasteiger partial charge in [-0.2, -0.15) is 0 Å². The molecule has 2 aliphatic rings. The molecule has 2 aromatic rings. The third-order valence-corrected chi connectivity index (χ3v) is 8.16. The zero-order valence-corrected chi connectivity index (χ0v) is 18.1. The Morgan fingerprint density at radius 1 is 1.04 bits per heavy atom. The molecule has 0 spiro atoms. The van der Waals surface area contributed by atoms with Gasteiger partial charge in [-0.05, 0) is 11.6 Å². The molecule has 0 atom stereocenters. The summed E-state index contributed by atoms with van der Waals surface area (Å²) in [7, 11) is 5.37. The lowest BCUT2D eigenvalue weighted by atomic mass is 9.84. The van der Waals surface area contributed by atoms with Gasteiger partial charge in [-0.3, -0.25) is 14.5 Å². The molecule has 4 rings (SSSR count). The first-order valence-corrected chi connectivity index (χ1v) is 10.5. The fourth-order valence-electron chi connectivity index (χ4n) is 3.77. The summed E-state index contributed by atoms with van der Waals surface area (Å²) in [5.41, 5.74) is 2.88. The number of thioether (sulfide) groups is 1. The van der Waals surface area contributed by atoms with E-state index in [1.807, 2.05) is 19.2 Å². The molecule has 2 aliphatic heterocycles. The zero-order chi connectivity index (χ0) is 19.7. The molecule has 1 aromatic heterocycles. The number of carbonyl (C=O) groups is 1. The van der Waals surface area contributed by atoms with Gasteiger partial charge in [0.15, 0.2) is 0 Å². The Labute approximate surface area is 170 Å². The minimum atomic E-state index is -0.302. The fourth-order valence-corrected chi connectivity index (χ4v) is 6.50. The molecule has 1 aromatic carbocycles. The first-order chi connectivity index (χ1) is 12.7. The molecular formula is C19H19N3O2S3. The van der Waals surface area contributed by atoms with Crippen LogP contribution in [0.3, 0.4) is 0 Å². The maximum atomic E-state index is 13.1. The second-order valence-electron chi connectivity index (χ2n) is 7.21. The first-order valence-electron chi connectivity index (χ1n) is 8.44. The second-order valence-corrected chi connectivity index (χ2v) is 9.85. The highest BCUT2D eigenvalue weighted by Crippen LogP contribution is 2.46. The van der Waals surface area contributed by atoms with Crippen molar-refractivity contribution in [2.75, 3.05) is 19.0 Å². The third-order valence-electron chi connectivity index (χ3n) is 5.24. The third kappa shape index (κ3) is 2.47. The molecule has 0 bridgehead atoms. The SMILES string of the molecule is CN1C(=O)/C(=c2/s/c(=C3/N(C)c4ccccc4C3(C)C)c(=O)n2C)SC1=S. The van der Waals surface area contributed by atoms with Crippen molar-refractivity contribution in [3.63, 3.8) is 0 Å². The molecule has 0 unspecified atom stereocenters. The largest absolute Gasteiger partial charge is 0.346 e. The van der Waals surface area contributed by atoms with E-state index in [0.29, 0.717) is 18.4 Å². The lowest BCUT2D eigenvalue weighted by Gasteiger charge is -2.23. The van der Waals surface area contributed by atoms with E-state index in [0.717, 1.165) is 11.4 Å². The molecule has 1 saturated heterocycles. The van der Waals surface area contributed by atoms with Crippen molar-refractivity contribution in [3.05, 3.63) is 49.4 Å². The van der Waals surface area contributed by atoms with Gasteiger partial charge in [0.25, 0.3) is 11.5 Å². The van der Waals surface area contributed by atoms with E-state index < -0.39 is 0 Å². The van der Waals surface area contributed by atoms with Gasteiger partial charge in [0, 0.05) is 32.2 Å². The maximum Gasteiger partial charge on any atom is 0.270 e. The van der Waals surface area contributed by atoms with Crippen molar-refractivity contribution in [3.8, 4) is 0 Å². The molecule has 140 valence electrons. The summed E-state index contributed by atoms with van der Waals surface area (Å²) in [5.74, 6) is -0.152. The number of benzene rings is 1. The van der Waals surface area contributed by atoms with Crippen molar-refractivity contribution in [2.45, 2.75) is 19.3 Å². The number of thiocarbonyl (C=S) groups is 1. The molecule has 0 radical (unpaired) electrons. The van der Waals surface area contributed by atoms with Crippen molar-refractivity contribution >= 4 is 61.8 Å². The molecule has 0 aliphatic carbocycles.